The molecule has 1 aliphatic rings. The monoisotopic (exact) mass is 391 g/mol. The van der Waals surface area contributed by atoms with Crippen LogP contribution < -0.4 is 0 Å². The van der Waals surface area contributed by atoms with Crippen molar-refractivity contribution in [3.05, 3.63) is 27.5 Å². The predicted octanol–water partition coefficient (Wildman–Crippen LogP) is 4.59. The largest absolute Gasteiger partial charge is 0.383 e. The van der Waals surface area contributed by atoms with Crippen LogP contribution in [0.2, 0.25) is 0 Å². The van der Waals surface area contributed by atoms with Gasteiger partial charge in [-0.15, -0.1) is 0 Å². The molecule has 2 rings (SSSR count). The third-order valence-corrected chi connectivity index (χ3v) is 3.39. The molecular weight excluding hydrogens is 392 g/mol. The van der Waals surface area contributed by atoms with Crippen LogP contribution in [0.5, 0.6) is 0 Å². The van der Waals surface area contributed by atoms with E-state index in [9.17, 15) is 43.9 Å². The number of pyridine rings is 1. The summed E-state index contributed by atoms with van der Waals surface area (Å²) in [7, 11) is 0. The second kappa shape index (κ2) is 4.02. The molecule has 1 aromatic heterocycles. The number of nitrogens with zero attached hydrogens (tertiary/aromatic N) is 1. The van der Waals surface area contributed by atoms with Gasteiger partial charge in [0.05, 0.1) is 11.1 Å². The highest BCUT2D eigenvalue weighted by Gasteiger charge is 2.86. The number of fused-ring (bicyclic) bond motifs is 1. The maximum absolute atomic E-state index is 13.4. The quantitative estimate of drug-likeness (QED) is 0.465. The van der Waals surface area contributed by atoms with Crippen molar-refractivity contribution in [2.75, 3.05) is 0 Å². The van der Waals surface area contributed by atoms with E-state index >= 15 is 0 Å². The van der Waals surface area contributed by atoms with E-state index in [2.05, 4.69) is 4.98 Å². The van der Waals surface area contributed by atoms with Gasteiger partial charge in [0.1, 0.15) is 4.60 Å². The highest BCUT2D eigenvalue weighted by atomic mass is 79.9. The molecule has 12 heteroatoms. The van der Waals surface area contributed by atoms with Crippen molar-refractivity contribution in [3.8, 4) is 0 Å². The van der Waals surface area contributed by atoms with Crippen LogP contribution in [0.25, 0.3) is 0 Å². The van der Waals surface area contributed by atoms with Crippen LogP contribution >= 0.6 is 15.9 Å². The average molecular weight is 392 g/mol. The molecule has 0 bridgehead atoms. The third-order valence-electron chi connectivity index (χ3n) is 2.86. The van der Waals surface area contributed by atoms with E-state index in [4.69, 9.17) is 0 Å². The van der Waals surface area contributed by atoms with E-state index in [-0.39, 0.29) is 0 Å². The summed E-state index contributed by atoms with van der Waals surface area (Å²) in [5, 5.41) is 0. The Morgan fingerprint density at radius 1 is 0.714 bits per heavy atom. The van der Waals surface area contributed by atoms with Crippen LogP contribution in [0.15, 0.2) is 4.60 Å². The Morgan fingerprint density at radius 3 is 1.52 bits per heavy atom. The lowest BCUT2D eigenvalue weighted by atomic mass is 9.80. The van der Waals surface area contributed by atoms with Crippen LogP contribution in [0, 0.1) is 11.8 Å². The van der Waals surface area contributed by atoms with Gasteiger partial charge in [-0.25, -0.2) is 9.37 Å². The molecule has 21 heavy (non-hydrogen) atoms. The maximum Gasteiger partial charge on any atom is 0.383 e. The molecule has 0 aromatic carbocycles. The lowest BCUT2D eigenvalue weighted by Gasteiger charge is -2.42. The van der Waals surface area contributed by atoms with Crippen molar-refractivity contribution >= 4 is 15.9 Å². The number of hydrogen-bond donors (Lipinski definition) is 0. The molecule has 1 nitrogen and oxygen atoms in total. The second-order valence-electron chi connectivity index (χ2n) is 4.05. The third kappa shape index (κ3) is 1.62. The van der Waals surface area contributed by atoms with Crippen LogP contribution in [0.1, 0.15) is 11.1 Å². The normalized spacial score (nSPS) is 24.5. The van der Waals surface area contributed by atoms with E-state index in [0.717, 1.165) is 0 Å². The molecule has 0 atom stereocenters. The van der Waals surface area contributed by atoms with Gasteiger partial charge in [-0.05, 0) is 15.9 Å². The van der Waals surface area contributed by atoms with Gasteiger partial charge in [0.2, 0.25) is 5.95 Å². The van der Waals surface area contributed by atoms with E-state index in [1.165, 1.54) is 0 Å². The van der Waals surface area contributed by atoms with Gasteiger partial charge in [-0.2, -0.15) is 39.5 Å². The zero-order chi connectivity index (χ0) is 16.6. The summed E-state index contributed by atoms with van der Waals surface area (Å²) in [5.74, 6) is -30.6. The molecule has 118 valence electrons. The zero-order valence-corrected chi connectivity index (χ0v) is 10.7. The summed E-state index contributed by atoms with van der Waals surface area (Å²) >= 11 is 2.04. The van der Waals surface area contributed by atoms with Crippen LogP contribution in [0.4, 0.5) is 43.9 Å². The summed E-state index contributed by atoms with van der Waals surface area (Å²) in [6.07, 6.45) is 0. The first kappa shape index (κ1) is 16.3. The molecular formula is C9BrF10N. The van der Waals surface area contributed by atoms with E-state index in [1.807, 2.05) is 15.9 Å². The number of hydrogen-bond acceptors (Lipinski definition) is 1. The van der Waals surface area contributed by atoms with Gasteiger partial charge in [0.15, 0.2) is 5.82 Å². The molecule has 0 unspecified atom stereocenters. The molecule has 0 saturated carbocycles. The zero-order valence-electron chi connectivity index (χ0n) is 9.10. The van der Waals surface area contributed by atoms with E-state index < -0.39 is 51.2 Å². The van der Waals surface area contributed by atoms with Crippen molar-refractivity contribution in [2.45, 2.75) is 23.7 Å². The first-order chi connectivity index (χ1) is 9.21. The SMILES string of the molecule is Fc1nc(Br)c(F)c2c1C(F)(F)C(F)(F)C(F)(F)C2(F)F. The molecule has 1 aliphatic carbocycles. The Bertz CT molecular complexity index is 625. The minimum Gasteiger partial charge on any atom is -0.209 e. The summed E-state index contributed by atoms with van der Waals surface area (Å²) in [6.45, 7) is 0. The summed E-state index contributed by atoms with van der Waals surface area (Å²) < 4.78 is 131. The van der Waals surface area contributed by atoms with Crippen LogP contribution in [-0.4, -0.2) is 16.8 Å². The van der Waals surface area contributed by atoms with Gasteiger partial charge < -0.3 is 0 Å². The van der Waals surface area contributed by atoms with Gasteiger partial charge >= 0.3 is 23.7 Å². The molecule has 0 saturated heterocycles. The molecule has 0 spiro atoms. The van der Waals surface area contributed by atoms with Gasteiger partial charge in [-0.3, -0.25) is 0 Å². The Balaban J connectivity index is 3.05. The maximum atomic E-state index is 13.4. The van der Waals surface area contributed by atoms with Gasteiger partial charge in [0, 0.05) is 0 Å². The molecule has 0 fully saturated rings. The first-order valence-corrected chi connectivity index (χ1v) is 5.57. The van der Waals surface area contributed by atoms with Crippen LogP contribution in [0.3, 0.4) is 0 Å². The summed E-state index contributed by atoms with van der Waals surface area (Å²) in [4.78, 5) is 2.34. The molecule has 0 aliphatic heterocycles. The Labute approximate surface area is 117 Å². The summed E-state index contributed by atoms with van der Waals surface area (Å²) in [5.41, 5.74) is -5.76. The van der Waals surface area contributed by atoms with Crippen molar-refractivity contribution in [2.24, 2.45) is 0 Å². The van der Waals surface area contributed by atoms with E-state index in [1.54, 1.807) is 0 Å². The fraction of sp³-hybridized carbons (Fsp3) is 0.444. The number of halogens is 11. The number of alkyl halides is 8. The van der Waals surface area contributed by atoms with Gasteiger partial charge in [-0.1, -0.05) is 0 Å². The average Bonchev–Trinajstić information content (AvgIpc) is 2.30. The van der Waals surface area contributed by atoms with Crippen LogP contribution in [-0.2, 0) is 11.8 Å². The van der Waals surface area contributed by atoms with Crippen molar-refractivity contribution < 1.29 is 43.9 Å². The van der Waals surface area contributed by atoms with Crippen molar-refractivity contribution in [1.82, 2.24) is 4.98 Å². The minimum absolute atomic E-state index is 1.43. The second-order valence-corrected chi connectivity index (χ2v) is 4.81. The van der Waals surface area contributed by atoms with Crippen molar-refractivity contribution in [1.29, 1.82) is 0 Å². The lowest BCUT2D eigenvalue weighted by Crippen LogP contribution is -2.64. The minimum atomic E-state index is -6.65. The standard InChI is InChI=1S/C9BrF10N/c10-4-3(11)1-2(5(12)21-4)7(15,16)9(19,20)8(17,18)6(1,13)14. The fourth-order valence-electron chi connectivity index (χ4n) is 1.80. The van der Waals surface area contributed by atoms with Crippen molar-refractivity contribution in [3.63, 3.8) is 0 Å². The first-order valence-electron chi connectivity index (χ1n) is 4.78. The lowest BCUT2D eigenvalue weighted by molar-refractivity contribution is -0.388. The molecule has 0 radical (unpaired) electrons. The number of aromatic nitrogens is 1. The smallest absolute Gasteiger partial charge is 0.209 e. The predicted molar refractivity (Wildman–Crippen MR) is 49.5 cm³/mol. The Hall–Kier alpha value is -1.07. The van der Waals surface area contributed by atoms with E-state index in [0.29, 0.717) is 0 Å². The molecule has 1 heterocycles. The van der Waals surface area contributed by atoms with Gasteiger partial charge in [0.25, 0.3) is 0 Å². The molecule has 1 aromatic rings. The summed E-state index contributed by atoms with van der Waals surface area (Å²) in [6, 6.07) is 0. The number of rotatable bonds is 0. The fourth-order valence-corrected chi connectivity index (χ4v) is 2.15. The highest BCUT2D eigenvalue weighted by molar-refractivity contribution is 9.10. The Morgan fingerprint density at radius 2 is 1.10 bits per heavy atom. The Kier molecular flexibility index (Phi) is 3.12. The molecule has 0 amide bonds. The topological polar surface area (TPSA) is 12.9 Å². The highest BCUT2D eigenvalue weighted by Crippen LogP contribution is 2.65. The molecule has 0 N–H and O–H groups in total.